The number of aromatic nitrogens is 4. The Bertz CT molecular complexity index is 527. The Labute approximate surface area is 77.7 Å². The monoisotopic (exact) mass is 196 g/mol. The molecule has 0 fully saturated rings. The predicted octanol–water partition coefficient (Wildman–Crippen LogP) is 1.74. The van der Waals surface area contributed by atoms with Gasteiger partial charge in [-0.2, -0.15) is 0 Å². The third kappa shape index (κ3) is 1.15. The summed E-state index contributed by atoms with van der Waals surface area (Å²) in [4.78, 5) is 13.5. The van der Waals surface area contributed by atoms with Crippen LogP contribution in [0.2, 0.25) is 0 Å². The van der Waals surface area contributed by atoms with Crippen molar-refractivity contribution in [2.24, 2.45) is 0 Å². The second-order valence-corrected chi connectivity index (χ2v) is 3.01. The van der Waals surface area contributed by atoms with Crippen LogP contribution in [0.3, 0.4) is 0 Å². The zero-order valence-corrected chi connectivity index (χ0v) is 7.50. The molecule has 0 aliphatic rings. The lowest BCUT2D eigenvalue weighted by molar-refractivity contribution is 1.11. The lowest BCUT2D eigenvalue weighted by Crippen LogP contribution is -1.89. The van der Waals surface area contributed by atoms with E-state index in [4.69, 9.17) is 24.4 Å². The number of hydrogen-bond acceptors (Lipinski definition) is 4. The Hall–Kier alpha value is -1.14. The topological polar surface area (TPSA) is 57.4 Å². The molecule has 2 heterocycles. The minimum atomic E-state index is 0.478. The van der Waals surface area contributed by atoms with Crippen LogP contribution < -0.4 is 0 Å². The molecule has 12 heavy (non-hydrogen) atoms. The molecule has 6 heteroatoms. The van der Waals surface area contributed by atoms with E-state index in [9.17, 15) is 0 Å². The average molecular weight is 196 g/mol. The standard InChI is InChI=1S/C6H4N4S2/c11-5-3-1-7-2-8-4(3)9-6(12)10-5/h1-2H,(H2,7,8,9,10,11,12). The van der Waals surface area contributed by atoms with E-state index in [1.165, 1.54) is 6.33 Å². The second kappa shape index (κ2) is 2.72. The van der Waals surface area contributed by atoms with Crippen molar-refractivity contribution in [2.75, 3.05) is 0 Å². The Balaban J connectivity index is 3.09. The van der Waals surface area contributed by atoms with Crippen molar-refractivity contribution in [1.29, 1.82) is 0 Å². The summed E-state index contributed by atoms with van der Waals surface area (Å²) >= 11 is 9.91. The first-order valence-corrected chi connectivity index (χ1v) is 4.01. The Morgan fingerprint density at radius 3 is 2.92 bits per heavy atom. The fraction of sp³-hybridized carbons (Fsp3) is 0. The molecular formula is C6H4N4S2. The summed E-state index contributed by atoms with van der Waals surface area (Å²) in [6, 6.07) is 0. The van der Waals surface area contributed by atoms with Gasteiger partial charge in [-0.3, -0.25) is 0 Å². The first-order valence-electron chi connectivity index (χ1n) is 3.20. The number of nitrogens with one attached hydrogen (secondary N) is 2. The maximum Gasteiger partial charge on any atom is 0.177 e. The van der Waals surface area contributed by atoms with Crippen molar-refractivity contribution < 1.29 is 0 Å². The van der Waals surface area contributed by atoms with Gasteiger partial charge in [0, 0.05) is 6.20 Å². The molecule has 2 aromatic heterocycles. The molecule has 60 valence electrons. The van der Waals surface area contributed by atoms with Crippen LogP contribution in [0.15, 0.2) is 12.5 Å². The van der Waals surface area contributed by atoms with Crippen molar-refractivity contribution in [2.45, 2.75) is 0 Å². The first-order chi connectivity index (χ1) is 5.77. The average Bonchev–Trinajstić information content (AvgIpc) is 2.04. The fourth-order valence-corrected chi connectivity index (χ4v) is 1.42. The van der Waals surface area contributed by atoms with Gasteiger partial charge in [0.25, 0.3) is 0 Å². The smallest absolute Gasteiger partial charge is 0.177 e. The minimum absolute atomic E-state index is 0.478. The highest BCUT2D eigenvalue weighted by Gasteiger charge is 1.94. The zero-order chi connectivity index (χ0) is 8.55. The molecule has 2 N–H and O–H groups in total. The molecule has 0 spiro atoms. The van der Waals surface area contributed by atoms with Crippen LogP contribution in [0.25, 0.3) is 11.0 Å². The number of fused-ring (bicyclic) bond motifs is 1. The minimum Gasteiger partial charge on any atom is -0.323 e. The van der Waals surface area contributed by atoms with Crippen LogP contribution in [0.5, 0.6) is 0 Å². The molecule has 0 aliphatic carbocycles. The van der Waals surface area contributed by atoms with Crippen molar-refractivity contribution in [1.82, 2.24) is 19.9 Å². The van der Waals surface area contributed by atoms with Crippen molar-refractivity contribution in [3.05, 3.63) is 21.9 Å². The van der Waals surface area contributed by atoms with Gasteiger partial charge in [0.15, 0.2) is 4.77 Å². The lowest BCUT2D eigenvalue weighted by Gasteiger charge is -1.94. The molecule has 0 unspecified atom stereocenters. The lowest BCUT2D eigenvalue weighted by atomic mass is 10.4. The third-order valence-electron chi connectivity index (χ3n) is 1.42. The summed E-state index contributed by atoms with van der Waals surface area (Å²) in [7, 11) is 0. The highest BCUT2D eigenvalue weighted by Crippen LogP contribution is 2.05. The van der Waals surface area contributed by atoms with Gasteiger partial charge in [0.05, 0.1) is 5.39 Å². The van der Waals surface area contributed by atoms with Crippen LogP contribution in [0.1, 0.15) is 0 Å². The van der Waals surface area contributed by atoms with E-state index in [0.717, 1.165) is 5.39 Å². The second-order valence-electron chi connectivity index (χ2n) is 2.19. The molecule has 0 saturated carbocycles. The van der Waals surface area contributed by atoms with Crippen molar-refractivity contribution in [3.8, 4) is 0 Å². The van der Waals surface area contributed by atoms with Gasteiger partial charge >= 0.3 is 0 Å². The van der Waals surface area contributed by atoms with Crippen LogP contribution in [0.4, 0.5) is 0 Å². The zero-order valence-electron chi connectivity index (χ0n) is 5.87. The molecule has 4 nitrogen and oxygen atoms in total. The van der Waals surface area contributed by atoms with Gasteiger partial charge in [-0.1, -0.05) is 12.2 Å². The first kappa shape index (κ1) is 7.51. The van der Waals surface area contributed by atoms with Crippen molar-refractivity contribution in [3.63, 3.8) is 0 Å². The normalized spacial score (nSPS) is 10.3. The Morgan fingerprint density at radius 2 is 2.08 bits per heavy atom. The van der Waals surface area contributed by atoms with Gasteiger partial charge < -0.3 is 9.97 Å². The molecule has 0 radical (unpaired) electrons. The highest BCUT2D eigenvalue weighted by atomic mass is 32.1. The molecule has 0 amide bonds. The van der Waals surface area contributed by atoms with E-state index in [1.54, 1.807) is 6.20 Å². The van der Waals surface area contributed by atoms with E-state index in [-0.39, 0.29) is 0 Å². The Kier molecular flexibility index (Phi) is 1.70. The van der Waals surface area contributed by atoms with Crippen LogP contribution >= 0.6 is 24.4 Å². The van der Waals surface area contributed by atoms with Crippen LogP contribution in [-0.4, -0.2) is 19.9 Å². The largest absolute Gasteiger partial charge is 0.323 e. The van der Waals surface area contributed by atoms with Crippen LogP contribution in [0, 0.1) is 9.41 Å². The van der Waals surface area contributed by atoms with Gasteiger partial charge in [0.2, 0.25) is 0 Å². The van der Waals surface area contributed by atoms with E-state index in [0.29, 0.717) is 15.1 Å². The van der Waals surface area contributed by atoms with Gasteiger partial charge in [-0.25, -0.2) is 9.97 Å². The van der Waals surface area contributed by atoms with E-state index in [1.807, 2.05) is 0 Å². The molecule has 2 rings (SSSR count). The number of aromatic amines is 2. The summed E-state index contributed by atoms with van der Waals surface area (Å²) in [5, 5.41) is 0.779. The van der Waals surface area contributed by atoms with Crippen molar-refractivity contribution >= 4 is 35.5 Å². The molecule has 0 aliphatic heterocycles. The Morgan fingerprint density at radius 1 is 1.25 bits per heavy atom. The molecule has 0 saturated heterocycles. The van der Waals surface area contributed by atoms with E-state index >= 15 is 0 Å². The predicted molar refractivity (Wildman–Crippen MR) is 49.9 cm³/mol. The summed E-state index contributed by atoms with van der Waals surface area (Å²) in [5.41, 5.74) is 0.666. The molecular weight excluding hydrogens is 192 g/mol. The molecule has 2 aromatic rings. The molecule has 0 aromatic carbocycles. The molecule has 0 atom stereocenters. The summed E-state index contributed by atoms with van der Waals surface area (Å²) in [5.74, 6) is 0. The van der Waals surface area contributed by atoms with Gasteiger partial charge in [0.1, 0.15) is 16.6 Å². The number of H-pyrrole nitrogens is 2. The highest BCUT2D eigenvalue weighted by molar-refractivity contribution is 7.72. The number of hydrogen-bond donors (Lipinski definition) is 2. The van der Waals surface area contributed by atoms with E-state index in [2.05, 4.69) is 19.9 Å². The summed E-state index contributed by atoms with van der Waals surface area (Å²) in [6.45, 7) is 0. The quantitative estimate of drug-likeness (QED) is 0.630. The number of nitrogens with zero attached hydrogens (tertiary/aromatic N) is 2. The maximum atomic E-state index is 5.02. The maximum absolute atomic E-state index is 5.02. The molecule has 0 bridgehead atoms. The SMILES string of the molecule is S=c1[nH]c(=S)c2cncnc2[nH]1. The summed E-state index contributed by atoms with van der Waals surface area (Å²) < 4.78 is 1.04. The van der Waals surface area contributed by atoms with Gasteiger partial charge in [-0.05, 0) is 12.2 Å². The number of rotatable bonds is 0. The van der Waals surface area contributed by atoms with E-state index < -0.39 is 0 Å². The third-order valence-corrected chi connectivity index (χ3v) is 1.94. The fourth-order valence-electron chi connectivity index (χ4n) is 0.905. The summed E-state index contributed by atoms with van der Waals surface area (Å²) in [6.07, 6.45) is 3.09. The van der Waals surface area contributed by atoms with Crippen LogP contribution in [-0.2, 0) is 0 Å². The van der Waals surface area contributed by atoms with Gasteiger partial charge in [-0.15, -0.1) is 0 Å².